The molecule has 1 atom stereocenters. The molecule has 2 N–H and O–H groups in total. The van der Waals surface area contributed by atoms with E-state index in [1.165, 1.54) is 0 Å². The smallest absolute Gasteiger partial charge is 0.255 e. The maximum absolute atomic E-state index is 12.9. The zero-order valence-corrected chi connectivity index (χ0v) is 13.7. The molecule has 1 unspecified atom stereocenters. The number of aromatic amines is 1. The van der Waals surface area contributed by atoms with Crippen molar-refractivity contribution in [3.8, 4) is 0 Å². The number of aryl methyl sites for hydroxylation is 1. The number of rotatable bonds is 5. The molecule has 0 spiro atoms. The normalized spacial score (nSPS) is 12.3. The molecule has 24 heavy (non-hydrogen) atoms. The summed E-state index contributed by atoms with van der Waals surface area (Å²) in [4.78, 5) is 18.8. The van der Waals surface area contributed by atoms with Crippen molar-refractivity contribution in [1.82, 2.24) is 20.1 Å². The predicted octanol–water partition coefficient (Wildman–Crippen LogP) is 2.46. The maximum Gasteiger partial charge on any atom is 0.255 e. The van der Waals surface area contributed by atoms with Gasteiger partial charge in [-0.25, -0.2) is 4.98 Å². The van der Waals surface area contributed by atoms with Crippen molar-refractivity contribution < 1.29 is 9.90 Å². The van der Waals surface area contributed by atoms with Crippen LogP contribution < -0.4 is 0 Å². The summed E-state index contributed by atoms with van der Waals surface area (Å²) in [7, 11) is 1.75. The zero-order valence-electron chi connectivity index (χ0n) is 13.7. The molecule has 0 bridgehead atoms. The Balaban J connectivity index is 1.92. The van der Waals surface area contributed by atoms with Gasteiger partial charge in [-0.15, -0.1) is 0 Å². The Morgan fingerprint density at radius 3 is 2.79 bits per heavy atom. The second-order valence-electron chi connectivity index (χ2n) is 5.80. The van der Waals surface area contributed by atoms with Gasteiger partial charge in [0.25, 0.3) is 5.91 Å². The van der Waals surface area contributed by atoms with Crippen LogP contribution in [0.5, 0.6) is 0 Å². The molecule has 3 rings (SSSR count). The number of carbonyl (C=O) groups excluding carboxylic acids is 1. The van der Waals surface area contributed by atoms with Crippen molar-refractivity contribution in [1.29, 1.82) is 0 Å². The Kier molecular flexibility index (Phi) is 4.57. The number of amides is 1. The number of aliphatic hydroxyl groups excluding tert-OH is 1. The van der Waals surface area contributed by atoms with Crippen molar-refractivity contribution in [2.45, 2.75) is 19.4 Å². The summed E-state index contributed by atoms with van der Waals surface area (Å²) in [6.45, 7) is 1.91. The number of hydrogen-bond acceptors (Lipinski definition) is 4. The van der Waals surface area contributed by atoms with Crippen LogP contribution in [0, 0.1) is 6.92 Å². The minimum absolute atomic E-state index is 0.00923. The number of benzene rings is 1. The van der Waals surface area contributed by atoms with Gasteiger partial charge in [0.2, 0.25) is 0 Å². The van der Waals surface area contributed by atoms with Gasteiger partial charge >= 0.3 is 0 Å². The first-order chi connectivity index (χ1) is 11.6. The largest absolute Gasteiger partial charge is 0.396 e. The lowest BCUT2D eigenvalue weighted by molar-refractivity contribution is 0.0705. The second kappa shape index (κ2) is 6.80. The van der Waals surface area contributed by atoms with Gasteiger partial charge in [0, 0.05) is 30.9 Å². The van der Waals surface area contributed by atoms with Crippen molar-refractivity contribution >= 4 is 16.9 Å². The lowest BCUT2D eigenvalue weighted by Crippen LogP contribution is -2.32. The monoisotopic (exact) mass is 324 g/mol. The highest BCUT2D eigenvalue weighted by atomic mass is 16.3. The van der Waals surface area contributed by atoms with Crippen LogP contribution in [0.25, 0.3) is 11.0 Å². The van der Waals surface area contributed by atoms with Crippen molar-refractivity contribution in [2.75, 3.05) is 13.7 Å². The summed E-state index contributed by atoms with van der Waals surface area (Å²) in [5.41, 5.74) is 2.98. The molecule has 6 heteroatoms. The van der Waals surface area contributed by atoms with Gasteiger partial charge in [0.15, 0.2) is 5.65 Å². The highest BCUT2D eigenvalue weighted by Crippen LogP contribution is 2.25. The molecule has 2 aromatic heterocycles. The molecule has 0 fully saturated rings. The molecule has 0 saturated heterocycles. The van der Waals surface area contributed by atoms with E-state index in [4.69, 9.17) is 0 Å². The van der Waals surface area contributed by atoms with Crippen LogP contribution >= 0.6 is 0 Å². The van der Waals surface area contributed by atoms with E-state index in [0.29, 0.717) is 17.6 Å². The number of carbonyl (C=O) groups is 1. The fourth-order valence-corrected chi connectivity index (χ4v) is 2.86. The Labute approximate surface area is 140 Å². The fraction of sp³-hybridized carbons (Fsp3) is 0.278. The first kappa shape index (κ1) is 16.1. The Morgan fingerprint density at radius 1 is 1.33 bits per heavy atom. The summed E-state index contributed by atoms with van der Waals surface area (Å²) in [5, 5.41) is 17.2. The molecule has 0 aliphatic rings. The number of aliphatic hydroxyl groups is 1. The zero-order chi connectivity index (χ0) is 17.1. The first-order valence-electron chi connectivity index (χ1n) is 7.85. The number of nitrogens with one attached hydrogen (secondary N) is 1. The molecule has 1 amide bonds. The average molecular weight is 324 g/mol. The van der Waals surface area contributed by atoms with Gasteiger partial charge in [0.1, 0.15) is 0 Å². The van der Waals surface area contributed by atoms with Gasteiger partial charge in [-0.05, 0) is 25.0 Å². The number of pyridine rings is 1. The van der Waals surface area contributed by atoms with Gasteiger partial charge in [-0.3, -0.25) is 9.89 Å². The summed E-state index contributed by atoms with van der Waals surface area (Å²) < 4.78 is 0. The van der Waals surface area contributed by atoms with Gasteiger partial charge in [-0.2, -0.15) is 5.10 Å². The average Bonchev–Trinajstić information content (AvgIpc) is 2.99. The minimum atomic E-state index is -0.190. The third-order valence-corrected chi connectivity index (χ3v) is 4.22. The summed E-state index contributed by atoms with van der Waals surface area (Å²) >= 11 is 0. The quantitative estimate of drug-likeness (QED) is 0.755. The van der Waals surface area contributed by atoms with Crippen molar-refractivity contribution in [3.05, 3.63) is 59.4 Å². The highest BCUT2D eigenvalue weighted by Gasteiger charge is 2.23. The van der Waals surface area contributed by atoms with Crippen LogP contribution in [-0.4, -0.2) is 44.7 Å². The highest BCUT2D eigenvalue weighted by molar-refractivity contribution is 5.97. The number of fused-ring (bicyclic) bond motifs is 1. The molecule has 1 aromatic carbocycles. The topological polar surface area (TPSA) is 82.1 Å². The molecule has 0 saturated carbocycles. The number of hydrogen-bond donors (Lipinski definition) is 2. The summed E-state index contributed by atoms with van der Waals surface area (Å²) in [6, 6.07) is 11.3. The second-order valence-corrected chi connectivity index (χ2v) is 5.80. The lowest BCUT2D eigenvalue weighted by Gasteiger charge is -2.28. The Hall–Kier alpha value is -2.73. The molecule has 2 heterocycles. The van der Waals surface area contributed by atoms with Crippen LogP contribution in [0.4, 0.5) is 0 Å². The van der Waals surface area contributed by atoms with Crippen LogP contribution in [-0.2, 0) is 0 Å². The van der Waals surface area contributed by atoms with E-state index in [2.05, 4.69) is 15.2 Å². The standard InChI is InChI=1S/C18H20N4O2/c1-12-15-10-14(11-19-17(15)21-20-12)18(24)22(2)16(8-9-23)13-6-4-3-5-7-13/h3-7,10-11,16,23H,8-9H2,1-2H3,(H,19,20,21). The van der Waals surface area contributed by atoms with Gasteiger partial charge in [-0.1, -0.05) is 30.3 Å². The van der Waals surface area contributed by atoms with E-state index in [1.54, 1.807) is 24.2 Å². The molecule has 0 aliphatic heterocycles. The van der Waals surface area contributed by atoms with E-state index < -0.39 is 0 Å². The minimum Gasteiger partial charge on any atom is -0.396 e. The molecule has 124 valence electrons. The van der Waals surface area contributed by atoms with E-state index in [-0.39, 0.29) is 18.6 Å². The molecule has 6 nitrogen and oxygen atoms in total. The van der Waals surface area contributed by atoms with Crippen LogP contribution in [0.2, 0.25) is 0 Å². The molecule has 0 aliphatic carbocycles. The van der Waals surface area contributed by atoms with E-state index in [9.17, 15) is 9.90 Å². The summed E-state index contributed by atoms with van der Waals surface area (Å²) in [5.74, 6) is -0.132. The third kappa shape index (κ3) is 3.00. The van der Waals surface area contributed by atoms with Crippen molar-refractivity contribution in [2.24, 2.45) is 0 Å². The number of H-pyrrole nitrogens is 1. The van der Waals surface area contributed by atoms with Crippen LogP contribution in [0.3, 0.4) is 0 Å². The van der Waals surface area contributed by atoms with Gasteiger partial charge < -0.3 is 10.0 Å². The fourth-order valence-electron chi connectivity index (χ4n) is 2.86. The van der Waals surface area contributed by atoms with Crippen LogP contribution in [0.1, 0.15) is 34.1 Å². The molecular weight excluding hydrogens is 304 g/mol. The van der Waals surface area contributed by atoms with E-state index in [1.807, 2.05) is 37.3 Å². The SMILES string of the molecule is Cc1[nH]nc2ncc(C(=O)N(C)C(CCO)c3ccccc3)cc12. The third-order valence-electron chi connectivity index (χ3n) is 4.22. The van der Waals surface area contributed by atoms with Crippen molar-refractivity contribution in [3.63, 3.8) is 0 Å². The molecular formula is C18H20N4O2. The first-order valence-corrected chi connectivity index (χ1v) is 7.85. The Morgan fingerprint density at radius 2 is 2.08 bits per heavy atom. The number of aromatic nitrogens is 3. The maximum atomic E-state index is 12.9. The van der Waals surface area contributed by atoms with Gasteiger partial charge in [0.05, 0.1) is 11.6 Å². The molecule has 3 aromatic rings. The van der Waals surface area contributed by atoms with Crippen LogP contribution in [0.15, 0.2) is 42.6 Å². The molecule has 0 radical (unpaired) electrons. The van der Waals surface area contributed by atoms with E-state index >= 15 is 0 Å². The van der Waals surface area contributed by atoms with E-state index in [0.717, 1.165) is 16.6 Å². The number of nitrogens with zero attached hydrogens (tertiary/aromatic N) is 3. The lowest BCUT2D eigenvalue weighted by atomic mass is 10.0. The summed E-state index contributed by atoms with van der Waals surface area (Å²) in [6.07, 6.45) is 2.02. The Bertz CT molecular complexity index is 845. The predicted molar refractivity (Wildman–Crippen MR) is 91.6 cm³/mol.